The molecule has 0 spiro atoms. The van der Waals surface area contributed by atoms with Crippen LogP contribution in [0.4, 0.5) is 5.69 Å². The van der Waals surface area contributed by atoms with Crippen molar-refractivity contribution in [2.24, 2.45) is 5.92 Å². The van der Waals surface area contributed by atoms with Crippen LogP contribution in [-0.4, -0.2) is 22.7 Å². The molecule has 94 valence electrons. The second kappa shape index (κ2) is 5.97. The number of nitro benzene ring substituents is 1. The number of aliphatic hydroxyl groups excluding tert-OH is 1. The summed E-state index contributed by atoms with van der Waals surface area (Å²) in [5.41, 5.74) is -0.115. The summed E-state index contributed by atoms with van der Waals surface area (Å²) in [6.45, 7) is 3.73. The Bertz CT molecular complexity index is 408. The van der Waals surface area contributed by atoms with E-state index in [2.05, 4.69) is 15.9 Å². The van der Waals surface area contributed by atoms with E-state index < -0.39 is 11.0 Å². The van der Waals surface area contributed by atoms with Crippen molar-refractivity contribution in [3.63, 3.8) is 0 Å². The summed E-state index contributed by atoms with van der Waals surface area (Å²) in [4.78, 5) is 10.3. The van der Waals surface area contributed by atoms with Crippen LogP contribution in [0.25, 0.3) is 0 Å². The van der Waals surface area contributed by atoms with Crippen LogP contribution in [0.2, 0.25) is 0 Å². The topological polar surface area (TPSA) is 72.6 Å². The SMILES string of the molecule is CC(C)C(O)COc1c(Br)cccc1[N+](=O)[O-]. The van der Waals surface area contributed by atoms with Gasteiger partial charge in [-0.05, 0) is 27.9 Å². The maximum Gasteiger partial charge on any atom is 0.312 e. The number of para-hydroxylation sites is 1. The average molecular weight is 304 g/mol. The van der Waals surface area contributed by atoms with E-state index in [0.717, 1.165) is 0 Å². The van der Waals surface area contributed by atoms with Gasteiger partial charge in [0.2, 0.25) is 5.75 Å². The summed E-state index contributed by atoms with van der Waals surface area (Å²) in [5, 5.41) is 20.4. The Hall–Kier alpha value is -1.14. The Morgan fingerprint density at radius 2 is 2.18 bits per heavy atom. The third-order valence-electron chi connectivity index (χ3n) is 2.31. The van der Waals surface area contributed by atoms with Crippen molar-refractivity contribution in [1.29, 1.82) is 0 Å². The smallest absolute Gasteiger partial charge is 0.312 e. The number of nitro groups is 1. The quantitative estimate of drug-likeness (QED) is 0.670. The molecule has 0 aliphatic rings. The highest BCUT2D eigenvalue weighted by Gasteiger charge is 2.19. The predicted molar refractivity (Wildman–Crippen MR) is 67.1 cm³/mol. The Labute approximate surface area is 108 Å². The summed E-state index contributed by atoms with van der Waals surface area (Å²) >= 11 is 3.19. The van der Waals surface area contributed by atoms with Crippen molar-refractivity contribution >= 4 is 21.6 Å². The molecule has 1 atom stereocenters. The van der Waals surface area contributed by atoms with Crippen molar-refractivity contribution in [1.82, 2.24) is 0 Å². The molecule has 1 N–H and O–H groups in total. The van der Waals surface area contributed by atoms with Crippen molar-refractivity contribution in [2.75, 3.05) is 6.61 Å². The monoisotopic (exact) mass is 303 g/mol. The predicted octanol–water partition coefficient (Wildman–Crippen LogP) is 2.75. The maximum absolute atomic E-state index is 10.8. The van der Waals surface area contributed by atoms with Crippen LogP contribution in [0.3, 0.4) is 0 Å². The third-order valence-corrected chi connectivity index (χ3v) is 2.94. The van der Waals surface area contributed by atoms with E-state index in [-0.39, 0.29) is 24.0 Å². The number of aliphatic hydroxyl groups is 1. The summed E-state index contributed by atoms with van der Waals surface area (Å²) in [7, 11) is 0. The number of nitrogens with zero attached hydrogens (tertiary/aromatic N) is 1. The van der Waals surface area contributed by atoms with Gasteiger partial charge in [-0.2, -0.15) is 0 Å². The highest BCUT2D eigenvalue weighted by atomic mass is 79.9. The molecule has 0 radical (unpaired) electrons. The van der Waals surface area contributed by atoms with Crippen LogP contribution in [0.5, 0.6) is 5.75 Å². The first-order valence-electron chi connectivity index (χ1n) is 5.17. The number of hydrogen-bond acceptors (Lipinski definition) is 4. The van der Waals surface area contributed by atoms with Gasteiger partial charge in [0.1, 0.15) is 6.61 Å². The molecule has 0 bridgehead atoms. The molecule has 0 saturated heterocycles. The van der Waals surface area contributed by atoms with Crippen LogP contribution in [-0.2, 0) is 0 Å². The third kappa shape index (κ3) is 3.67. The van der Waals surface area contributed by atoms with E-state index in [1.54, 1.807) is 12.1 Å². The Balaban J connectivity index is 2.86. The van der Waals surface area contributed by atoms with Gasteiger partial charge in [-0.3, -0.25) is 10.1 Å². The summed E-state index contributed by atoms with van der Waals surface area (Å²) < 4.78 is 5.82. The zero-order valence-corrected chi connectivity index (χ0v) is 11.2. The molecule has 0 aliphatic heterocycles. The van der Waals surface area contributed by atoms with E-state index in [0.29, 0.717) is 4.47 Å². The standard InChI is InChI=1S/C11H14BrNO4/c1-7(2)10(14)6-17-11-8(12)4-3-5-9(11)13(15)16/h3-5,7,10,14H,6H2,1-2H3. The maximum atomic E-state index is 10.8. The van der Waals surface area contributed by atoms with Crippen LogP contribution in [0.15, 0.2) is 22.7 Å². The minimum absolute atomic E-state index is 0.0289. The van der Waals surface area contributed by atoms with Crippen molar-refractivity contribution < 1.29 is 14.8 Å². The largest absolute Gasteiger partial charge is 0.483 e. The van der Waals surface area contributed by atoms with Gasteiger partial charge < -0.3 is 9.84 Å². The molecular formula is C11H14BrNO4. The van der Waals surface area contributed by atoms with E-state index >= 15 is 0 Å². The van der Waals surface area contributed by atoms with Crippen LogP contribution in [0, 0.1) is 16.0 Å². The lowest BCUT2D eigenvalue weighted by molar-refractivity contribution is -0.386. The van der Waals surface area contributed by atoms with Crippen LogP contribution >= 0.6 is 15.9 Å². The van der Waals surface area contributed by atoms with Crippen LogP contribution in [0.1, 0.15) is 13.8 Å². The first-order valence-corrected chi connectivity index (χ1v) is 5.96. The van der Waals surface area contributed by atoms with Gasteiger partial charge in [0.05, 0.1) is 15.5 Å². The lowest BCUT2D eigenvalue weighted by Crippen LogP contribution is -2.23. The minimum Gasteiger partial charge on any atom is -0.483 e. The summed E-state index contributed by atoms with van der Waals surface area (Å²) in [5.74, 6) is 0.189. The van der Waals surface area contributed by atoms with E-state index in [9.17, 15) is 15.2 Å². The molecule has 0 heterocycles. The molecule has 17 heavy (non-hydrogen) atoms. The summed E-state index contributed by atoms with van der Waals surface area (Å²) in [6.07, 6.45) is -0.651. The molecule has 1 unspecified atom stereocenters. The Morgan fingerprint density at radius 1 is 1.53 bits per heavy atom. The molecule has 1 rings (SSSR count). The molecule has 1 aromatic carbocycles. The fourth-order valence-electron chi connectivity index (χ4n) is 1.15. The highest BCUT2D eigenvalue weighted by Crippen LogP contribution is 2.34. The zero-order valence-electron chi connectivity index (χ0n) is 9.59. The number of rotatable bonds is 5. The first kappa shape index (κ1) is 13.9. The second-order valence-corrected chi connectivity index (χ2v) is 4.82. The zero-order chi connectivity index (χ0) is 13.0. The first-order chi connectivity index (χ1) is 7.93. The van der Waals surface area contributed by atoms with Gasteiger partial charge >= 0.3 is 5.69 Å². The summed E-state index contributed by atoms with van der Waals surface area (Å²) in [6, 6.07) is 4.58. The number of benzene rings is 1. The highest BCUT2D eigenvalue weighted by molar-refractivity contribution is 9.10. The van der Waals surface area contributed by atoms with Crippen molar-refractivity contribution in [2.45, 2.75) is 20.0 Å². The molecule has 0 amide bonds. The second-order valence-electron chi connectivity index (χ2n) is 3.97. The number of halogens is 1. The molecule has 0 fully saturated rings. The van der Waals surface area contributed by atoms with Gasteiger partial charge in [0.15, 0.2) is 0 Å². The number of ether oxygens (including phenoxy) is 1. The molecule has 0 aliphatic carbocycles. The van der Waals surface area contributed by atoms with E-state index in [4.69, 9.17) is 4.74 Å². The molecule has 1 aromatic rings. The minimum atomic E-state index is -0.651. The van der Waals surface area contributed by atoms with Crippen molar-refractivity contribution in [3.8, 4) is 5.75 Å². The fraction of sp³-hybridized carbons (Fsp3) is 0.455. The van der Waals surface area contributed by atoms with Crippen molar-refractivity contribution in [3.05, 3.63) is 32.8 Å². The van der Waals surface area contributed by atoms with Gasteiger partial charge in [-0.15, -0.1) is 0 Å². The average Bonchev–Trinajstić information content (AvgIpc) is 2.26. The molecule has 6 heteroatoms. The molecule has 0 aromatic heterocycles. The molecule has 0 saturated carbocycles. The molecule has 5 nitrogen and oxygen atoms in total. The van der Waals surface area contributed by atoms with Crippen LogP contribution < -0.4 is 4.74 Å². The van der Waals surface area contributed by atoms with Gasteiger partial charge in [-0.1, -0.05) is 19.9 Å². The van der Waals surface area contributed by atoms with Gasteiger partial charge in [-0.25, -0.2) is 0 Å². The Morgan fingerprint density at radius 3 is 2.71 bits per heavy atom. The lowest BCUT2D eigenvalue weighted by atomic mass is 10.1. The van der Waals surface area contributed by atoms with E-state index in [1.807, 2.05) is 13.8 Å². The van der Waals surface area contributed by atoms with E-state index in [1.165, 1.54) is 6.07 Å². The van der Waals surface area contributed by atoms with Gasteiger partial charge in [0.25, 0.3) is 0 Å². The normalized spacial score (nSPS) is 12.5. The molecular weight excluding hydrogens is 290 g/mol. The Kier molecular flexibility index (Phi) is 4.89. The lowest BCUT2D eigenvalue weighted by Gasteiger charge is -2.15. The number of hydrogen-bond donors (Lipinski definition) is 1. The fourth-order valence-corrected chi connectivity index (χ4v) is 1.62. The van der Waals surface area contributed by atoms with Gasteiger partial charge in [0, 0.05) is 6.07 Å².